The number of hydrogen-bond donors (Lipinski definition) is 2. The zero-order valence-corrected chi connectivity index (χ0v) is 16.7. The average molecular weight is 407 g/mol. The number of aromatic nitrogens is 4. The van der Waals surface area contributed by atoms with Crippen molar-refractivity contribution in [3.63, 3.8) is 0 Å². The number of pyridine rings is 1. The third kappa shape index (κ3) is 3.81. The number of fused-ring (bicyclic) bond motifs is 1. The molecule has 30 heavy (non-hydrogen) atoms. The molecule has 0 saturated carbocycles. The summed E-state index contributed by atoms with van der Waals surface area (Å²) in [7, 11) is 1.81. The molecule has 0 aliphatic rings. The van der Waals surface area contributed by atoms with Crippen molar-refractivity contribution >= 4 is 16.9 Å². The number of carbonyl (C=O) groups is 1. The van der Waals surface area contributed by atoms with Crippen LogP contribution in [0.25, 0.3) is 22.2 Å². The van der Waals surface area contributed by atoms with Gasteiger partial charge in [0.1, 0.15) is 11.3 Å². The minimum absolute atomic E-state index is 0.160. The van der Waals surface area contributed by atoms with Crippen LogP contribution >= 0.6 is 0 Å². The predicted molar refractivity (Wildman–Crippen MR) is 111 cm³/mol. The van der Waals surface area contributed by atoms with E-state index in [2.05, 4.69) is 15.4 Å². The maximum atomic E-state index is 14.8. The molecule has 2 N–H and O–H groups in total. The third-order valence-electron chi connectivity index (χ3n) is 4.96. The van der Waals surface area contributed by atoms with Crippen LogP contribution in [0.1, 0.15) is 22.8 Å². The van der Waals surface area contributed by atoms with Gasteiger partial charge in [0.25, 0.3) is 5.91 Å². The van der Waals surface area contributed by atoms with Crippen molar-refractivity contribution in [2.75, 3.05) is 6.61 Å². The summed E-state index contributed by atoms with van der Waals surface area (Å²) in [6.45, 7) is 1.81. The van der Waals surface area contributed by atoms with Crippen LogP contribution < -0.4 is 5.32 Å². The number of benzene rings is 1. The van der Waals surface area contributed by atoms with Crippen LogP contribution in [0.4, 0.5) is 4.39 Å². The van der Waals surface area contributed by atoms with Crippen molar-refractivity contribution < 1.29 is 14.3 Å². The normalized spacial score (nSPS) is 12.3. The van der Waals surface area contributed by atoms with Crippen molar-refractivity contribution in [1.29, 1.82) is 0 Å². The molecule has 1 amide bonds. The summed E-state index contributed by atoms with van der Waals surface area (Å²) in [4.78, 5) is 16.9. The number of hydrogen-bond acceptors (Lipinski definition) is 4. The lowest BCUT2D eigenvalue weighted by Gasteiger charge is -2.09. The van der Waals surface area contributed by atoms with E-state index in [1.165, 1.54) is 6.07 Å². The standard InChI is InChI=1S/C22H22FN5O2/c1-14(13-29)26-22(30)18-12-28(20-4-3-7-24-21(18)20)11-16-6-5-15(8-19(16)23)17-9-25-27(2)10-17/h3-10,12,14,29H,11,13H2,1-2H3,(H,26,30)/t14-/m0/s1. The van der Waals surface area contributed by atoms with Crippen LogP contribution in [0.5, 0.6) is 0 Å². The van der Waals surface area contributed by atoms with Crippen LogP contribution in [0.3, 0.4) is 0 Å². The Hall–Kier alpha value is -3.52. The van der Waals surface area contributed by atoms with E-state index in [0.29, 0.717) is 16.6 Å². The second kappa shape index (κ2) is 8.08. The van der Waals surface area contributed by atoms with Gasteiger partial charge in [-0.25, -0.2) is 4.39 Å². The van der Waals surface area contributed by atoms with Gasteiger partial charge in [0.2, 0.25) is 0 Å². The first-order chi connectivity index (χ1) is 14.5. The van der Waals surface area contributed by atoms with Crippen LogP contribution in [-0.4, -0.2) is 43.0 Å². The molecule has 0 spiro atoms. The summed E-state index contributed by atoms with van der Waals surface area (Å²) in [5.41, 5.74) is 3.75. The van der Waals surface area contributed by atoms with E-state index in [1.54, 1.807) is 42.3 Å². The van der Waals surface area contributed by atoms with Crippen molar-refractivity contribution in [3.8, 4) is 11.1 Å². The summed E-state index contributed by atoms with van der Waals surface area (Å²) in [6, 6.07) is 8.34. The highest BCUT2D eigenvalue weighted by Gasteiger charge is 2.18. The lowest BCUT2D eigenvalue weighted by molar-refractivity contribution is 0.0923. The first-order valence-corrected chi connectivity index (χ1v) is 9.59. The van der Waals surface area contributed by atoms with Gasteiger partial charge in [-0.15, -0.1) is 0 Å². The first kappa shape index (κ1) is 19.8. The molecule has 4 aromatic rings. The summed E-state index contributed by atoms with van der Waals surface area (Å²) in [6.07, 6.45) is 6.81. The van der Waals surface area contributed by atoms with E-state index >= 15 is 0 Å². The maximum absolute atomic E-state index is 14.8. The van der Waals surface area contributed by atoms with E-state index in [1.807, 2.05) is 29.9 Å². The Kier molecular flexibility index (Phi) is 5.33. The Morgan fingerprint density at radius 3 is 2.80 bits per heavy atom. The molecule has 1 aromatic carbocycles. The topological polar surface area (TPSA) is 85.0 Å². The third-order valence-corrected chi connectivity index (χ3v) is 4.96. The number of halogens is 1. The van der Waals surface area contributed by atoms with E-state index in [4.69, 9.17) is 0 Å². The number of aliphatic hydroxyl groups excluding tert-OH is 1. The Morgan fingerprint density at radius 1 is 1.27 bits per heavy atom. The fourth-order valence-electron chi connectivity index (χ4n) is 3.38. The number of rotatable bonds is 6. The van der Waals surface area contributed by atoms with Gasteiger partial charge in [-0.05, 0) is 30.7 Å². The fourth-order valence-corrected chi connectivity index (χ4v) is 3.38. The highest BCUT2D eigenvalue weighted by Crippen LogP contribution is 2.24. The van der Waals surface area contributed by atoms with Gasteiger partial charge in [0, 0.05) is 42.8 Å². The van der Waals surface area contributed by atoms with Crippen LogP contribution in [0.15, 0.2) is 55.1 Å². The summed E-state index contributed by atoms with van der Waals surface area (Å²) in [5.74, 6) is -0.659. The van der Waals surface area contributed by atoms with Gasteiger partial charge in [-0.3, -0.25) is 14.5 Å². The van der Waals surface area contributed by atoms with E-state index in [0.717, 1.165) is 16.6 Å². The Morgan fingerprint density at radius 2 is 2.10 bits per heavy atom. The van der Waals surface area contributed by atoms with Crippen molar-refractivity contribution in [2.45, 2.75) is 19.5 Å². The number of amides is 1. The Labute approximate surface area is 172 Å². The zero-order valence-electron chi connectivity index (χ0n) is 16.7. The summed E-state index contributed by atoms with van der Waals surface area (Å²) < 4.78 is 18.3. The molecule has 154 valence electrons. The Balaban J connectivity index is 1.66. The summed E-state index contributed by atoms with van der Waals surface area (Å²) >= 11 is 0. The molecule has 0 aliphatic heterocycles. The molecule has 0 saturated heterocycles. The van der Waals surface area contributed by atoms with Crippen molar-refractivity contribution in [2.24, 2.45) is 7.05 Å². The lowest BCUT2D eigenvalue weighted by Crippen LogP contribution is -2.34. The van der Waals surface area contributed by atoms with Crippen LogP contribution in [0, 0.1) is 5.82 Å². The molecular weight excluding hydrogens is 385 g/mol. The van der Waals surface area contributed by atoms with Gasteiger partial charge in [-0.1, -0.05) is 12.1 Å². The van der Waals surface area contributed by atoms with Crippen molar-refractivity contribution in [1.82, 2.24) is 24.6 Å². The number of nitrogens with one attached hydrogen (secondary N) is 1. The number of nitrogens with zero attached hydrogens (tertiary/aromatic N) is 4. The molecule has 7 nitrogen and oxygen atoms in total. The largest absolute Gasteiger partial charge is 0.394 e. The zero-order chi connectivity index (χ0) is 21.3. The molecular formula is C22H22FN5O2. The molecule has 0 aliphatic carbocycles. The molecule has 0 radical (unpaired) electrons. The molecule has 0 bridgehead atoms. The first-order valence-electron chi connectivity index (χ1n) is 9.59. The number of carbonyl (C=O) groups excluding carboxylic acids is 1. The molecule has 8 heteroatoms. The number of aryl methyl sites for hydroxylation is 1. The molecule has 0 unspecified atom stereocenters. The molecule has 3 aromatic heterocycles. The average Bonchev–Trinajstić information content (AvgIpc) is 3.33. The van der Waals surface area contributed by atoms with Gasteiger partial charge in [0.15, 0.2) is 0 Å². The van der Waals surface area contributed by atoms with Gasteiger partial charge < -0.3 is 15.0 Å². The van der Waals surface area contributed by atoms with Crippen LogP contribution in [-0.2, 0) is 13.6 Å². The minimum atomic E-state index is -0.378. The molecule has 0 fully saturated rings. The van der Waals surface area contributed by atoms with Crippen molar-refractivity contribution in [3.05, 3.63) is 72.1 Å². The second-order valence-electron chi connectivity index (χ2n) is 7.31. The predicted octanol–water partition coefficient (Wildman–Crippen LogP) is 2.73. The minimum Gasteiger partial charge on any atom is -0.394 e. The molecule has 4 rings (SSSR count). The monoisotopic (exact) mass is 407 g/mol. The Bertz CT molecular complexity index is 1210. The van der Waals surface area contributed by atoms with Gasteiger partial charge in [-0.2, -0.15) is 5.10 Å². The summed E-state index contributed by atoms with van der Waals surface area (Å²) in [5, 5.41) is 16.1. The van der Waals surface area contributed by atoms with Gasteiger partial charge in [0.05, 0.1) is 30.4 Å². The van der Waals surface area contributed by atoms with E-state index in [9.17, 15) is 14.3 Å². The highest BCUT2D eigenvalue weighted by atomic mass is 19.1. The van der Waals surface area contributed by atoms with Gasteiger partial charge >= 0.3 is 0 Å². The van der Waals surface area contributed by atoms with E-state index in [-0.39, 0.29) is 30.9 Å². The quantitative estimate of drug-likeness (QED) is 0.515. The SMILES string of the molecule is C[C@@H](CO)NC(=O)c1cn(Cc2ccc(-c3cnn(C)c3)cc2F)c2cccnc12. The second-order valence-corrected chi connectivity index (χ2v) is 7.31. The maximum Gasteiger partial charge on any atom is 0.255 e. The van der Waals surface area contributed by atoms with Crippen LogP contribution in [0.2, 0.25) is 0 Å². The fraction of sp³-hybridized carbons (Fsp3) is 0.227. The molecule has 3 heterocycles. The molecule has 1 atom stereocenters. The van der Waals surface area contributed by atoms with E-state index < -0.39 is 0 Å². The highest BCUT2D eigenvalue weighted by molar-refractivity contribution is 6.05. The smallest absolute Gasteiger partial charge is 0.255 e. The number of aliphatic hydroxyl groups is 1. The lowest BCUT2D eigenvalue weighted by atomic mass is 10.1.